The van der Waals surface area contributed by atoms with Gasteiger partial charge in [-0.25, -0.2) is 4.79 Å². The van der Waals surface area contributed by atoms with E-state index in [1.54, 1.807) is 35.0 Å². The summed E-state index contributed by atoms with van der Waals surface area (Å²) < 4.78 is 0. The van der Waals surface area contributed by atoms with Crippen molar-refractivity contribution >= 4 is 41.6 Å². The Labute approximate surface area is 160 Å². The molecule has 0 spiro atoms. The van der Waals surface area contributed by atoms with Crippen molar-refractivity contribution in [2.45, 2.75) is 26.3 Å². The monoisotopic (exact) mass is 388 g/mol. The summed E-state index contributed by atoms with van der Waals surface area (Å²) in [6, 6.07) is 4.88. The van der Waals surface area contributed by atoms with Gasteiger partial charge in [-0.1, -0.05) is 25.4 Å². The molecule has 25 heavy (non-hydrogen) atoms. The van der Waals surface area contributed by atoms with Gasteiger partial charge in [-0.2, -0.15) is 0 Å². The van der Waals surface area contributed by atoms with E-state index in [-0.39, 0.29) is 30.4 Å². The van der Waals surface area contributed by atoms with Crippen LogP contribution in [0, 0.1) is 5.92 Å². The second kappa shape index (κ2) is 9.27. The Balaban J connectivity index is 0.00000312. The molecule has 0 aromatic heterocycles. The first-order valence-corrected chi connectivity index (χ1v) is 8.55. The van der Waals surface area contributed by atoms with Crippen LogP contribution in [0.3, 0.4) is 0 Å². The quantitative estimate of drug-likeness (QED) is 0.785. The third-order valence-electron chi connectivity index (χ3n) is 4.34. The number of nitrogens with two attached hydrogens (primary N) is 1. The standard InChI is InChI=1S/C17H25ClN4O2.ClH/c1-11(2)14(19)6-8-21(3)16(23)12-4-5-13(18)15(10-12)22-9-7-20-17(22)24;/h4-5,10-11,14H,6-9,19H2,1-3H3,(H,20,24);1H. The first kappa shape index (κ1) is 21.5. The maximum absolute atomic E-state index is 12.6. The number of halogens is 2. The average Bonchev–Trinajstić information content (AvgIpc) is 2.97. The predicted molar refractivity (Wildman–Crippen MR) is 104 cm³/mol. The van der Waals surface area contributed by atoms with Crippen LogP contribution >= 0.6 is 24.0 Å². The molecule has 1 atom stereocenters. The summed E-state index contributed by atoms with van der Waals surface area (Å²) in [5, 5.41) is 3.18. The lowest BCUT2D eigenvalue weighted by atomic mass is 10.0. The molecule has 1 aromatic rings. The fourth-order valence-electron chi connectivity index (χ4n) is 2.55. The lowest BCUT2D eigenvalue weighted by Gasteiger charge is -2.22. The van der Waals surface area contributed by atoms with E-state index in [1.165, 1.54) is 0 Å². The van der Waals surface area contributed by atoms with Gasteiger partial charge < -0.3 is 16.0 Å². The molecule has 1 saturated heterocycles. The second-order valence-corrected chi connectivity index (χ2v) is 6.88. The summed E-state index contributed by atoms with van der Waals surface area (Å²) >= 11 is 6.20. The van der Waals surface area contributed by atoms with E-state index in [0.29, 0.717) is 41.8 Å². The Hall–Kier alpha value is -1.50. The molecule has 1 unspecified atom stereocenters. The summed E-state index contributed by atoms with van der Waals surface area (Å²) in [6.45, 7) is 5.83. The summed E-state index contributed by atoms with van der Waals surface area (Å²) in [4.78, 5) is 27.6. The summed E-state index contributed by atoms with van der Waals surface area (Å²) in [7, 11) is 1.76. The number of benzene rings is 1. The maximum atomic E-state index is 12.6. The third-order valence-corrected chi connectivity index (χ3v) is 4.66. The molecule has 3 N–H and O–H groups in total. The Morgan fingerprint density at radius 2 is 2.12 bits per heavy atom. The molecule has 1 aliphatic rings. The van der Waals surface area contributed by atoms with Gasteiger partial charge in [0.2, 0.25) is 0 Å². The molecule has 1 aliphatic heterocycles. The van der Waals surface area contributed by atoms with E-state index >= 15 is 0 Å². The summed E-state index contributed by atoms with van der Waals surface area (Å²) in [5.74, 6) is 0.271. The Bertz CT molecular complexity index is 625. The number of nitrogens with one attached hydrogen (secondary N) is 1. The average molecular weight is 389 g/mol. The van der Waals surface area contributed by atoms with Gasteiger partial charge in [0.15, 0.2) is 0 Å². The molecule has 1 fully saturated rings. The van der Waals surface area contributed by atoms with Crippen molar-refractivity contribution in [1.29, 1.82) is 0 Å². The van der Waals surface area contributed by atoms with Crippen LogP contribution in [0.15, 0.2) is 18.2 Å². The molecule has 2 rings (SSSR count). The zero-order chi connectivity index (χ0) is 17.9. The highest BCUT2D eigenvalue weighted by molar-refractivity contribution is 6.34. The normalized spacial score (nSPS) is 15.0. The molecule has 0 radical (unpaired) electrons. The molecule has 0 aliphatic carbocycles. The first-order chi connectivity index (χ1) is 11.3. The molecule has 0 bridgehead atoms. The number of rotatable bonds is 6. The number of carbonyl (C=O) groups excluding carboxylic acids is 2. The number of nitrogens with zero attached hydrogens (tertiary/aromatic N) is 2. The largest absolute Gasteiger partial charge is 0.342 e. The summed E-state index contributed by atoms with van der Waals surface area (Å²) in [5.41, 5.74) is 7.11. The van der Waals surface area contributed by atoms with Gasteiger partial charge in [0.25, 0.3) is 5.91 Å². The fraction of sp³-hybridized carbons (Fsp3) is 0.529. The van der Waals surface area contributed by atoms with Gasteiger partial charge in [0, 0.05) is 38.3 Å². The Kier molecular flexibility index (Phi) is 7.99. The fourth-order valence-corrected chi connectivity index (χ4v) is 2.77. The van der Waals surface area contributed by atoms with Crippen LogP contribution in [-0.4, -0.2) is 49.6 Å². The highest BCUT2D eigenvalue weighted by Crippen LogP contribution is 2.28. The minimum absolute atomic E-state index is 0. The van der Waals surface area contributed by atoms with Crippen LogP contribution in [0.5, 0.6) is 0 Å². The van der Waals surface area contributed by atoms with E-state index in [2.05, 4.69) is 19.2 Å². The smallest absolute Gasteiger partial charge is 0.322 e. The van der Waals surface area contributed by atoms with Crippen LogP contribution in [0.4, 0.5) is 10.5 Å². The zero-order valence-electron chi connectivity index (χ0n) is 14.8. The van der Waals surface area contributed by atoms with Gasteiger partial charge in [0.05, 0.1) is 10.7 Å². The molecular weight excluding hydrogens is 363 g/mol. The van der Waals surface area contributed by atoms with Crippen molar-refractivity contribution in [2.24, 2.45) is 11.7 Å². The van der Waals surface area contributed by atoms with E-state index in [1.807, 2.05) is 0 Å². The number of urea groups is 1. The van der Waals surface area contributed by atoms with Crippen molar-refractivity contribution in [3.63, 3.8) is 0 Å². The topological polar surface area (TPSA) is 78.7 Å². The minimum Gasteiger partial charge on any atom is -0.342 e. The SMILES string of the molecule is CC(C)C(N)CCN(C)C(=O)c1ccc(Cl)c(N2CCNC2=O)c1.Cl. The Morgan fingerprint density at radius 3 is 2.68 bits per heavy atom. The molecular formula is C17H26Cl2N4O2. The van der Waals surface area contributed by atoms with Gasteiger partial charge >= 0.3 is 6.03 Å². The van der Waals surface area contributed by atoms with Crippen LogP contribution in [-0.2, 0) is 0 Å². The molecule has 3 amide bonds. The van der Waals surface area contributed by atoms with Gasteiger partial charge in [0.1, 0.15) is 0 Å². The number of amides is 3. The first-order valence-electron chi connectivity index (χ1n) is 8.17. The van der Waals surface area contributed by atoms with Gasteiger partial charge in [-0.05, 0) is 30.5 Å². The van der Waals surface area contributed by atoms with E-state index in [0.717, 1.165) is 6.42 Å². The van der Waals surface area contributed by atoms with Crippen LogP contribution in [0.25, 0.3) is 0 Å². The maximum Gasteiger partial charge on any atom is 0.322 e. The molecule has 0 saturated carbocycles. The number of anilines is 1. The lowest BCUT2D eigenvalue weighted by molar-refractivity contribution is 0.0789. The van der Waals surface area contributed by atoms with Crippen molar-refractivity contribution in [3.05, 3.63) is 28.8 Å². The predicted octanol–water partition coefficient (Wildman–Crippen LogP) is 2.74. The van der Waals surface area contributed by atoms with E-state index in [4.69, 9.17) is 17.3 Å². The Morgan fingerprint density at radius 1 is 1.44 bits per heavy atom. The van der Waals surface area contributed by atoms with Crippen molar-refractivity contribution < 1.29 is 9.59 Å². The highest BCUT2D eigenvalue weighted by Gasteiger charge is 2.24. The van der Waals surface area contributed by atoms with Crippen molar-refractivity contribution in [3.8, 4) is 0 Å². The van der Waals surface area contributed by atoms with E-state index in [9.17, 15) is 9.59 Å². The molecule has 1 aromatic carbocycles. The second-order valence-electron chi connectivity index (χ2n) is 6.47. The lowest BCUT2D eigenvalue weighted by Crippen LogP contribution is -2.34. The van der Waals surface area contributed by atoms with Crippen LogP contribution in [0.1, 0.15) is 30.6 Å². The minimum atomic E-state index is -0.197. The molecule has 6 nitrogen and oxygen atoms in total. The third kappa shape index (κ3) is 5.23. The van der Waals surface area contributed by atoms with Crippen molar-refractivity contribution in [1.82, 2.24) is 10.2 Å². The van der Waals surface area contributed by atoms with Crippen LogP contribution < -0.4 is 16.0 Å². The molecule has 8 heteroatoms. The highest BCUT2D eigenvalue weighted by atomic mass is 35.5. The van der Waals surface area contributed by atoms with Crippen molar-refractivity contribution in [2.75, 3.05) is 31.6 Å². The zero-order valence-corrected chi connectivity index (χ0v) is 16.4. The number of carbonyl (C=O) groups is 2. The van der Waals surface area contributed by atoms with Crippen LogP contribution in [0.2, 0.25) is 5.02 Å². The van der Waals surface area contributed by atoms with Gasteiger partial charge in [-0.15, -0.1) is 12.4 Å². The van der Waals surface area contributed by atoms with E-state index < -0.39 is 0 Å². The number of hydrogen-bond acceptors (Lipinski definition) is 3. The molecule has 1 heterocycles. The number of hydrogen-bond donors (Lipinski definition) is 2. The summed E-state index contributed by atoms with van der Waals surface area (Å²) in [6.07, 6.45) is 0.745. The van der Waals surface area contributed by atoms with Gasteiger partial charge in [-0.3, -0.25) is 9.69 Å². The molecule has 140 valence electrons.